The van der Waals surface area contributed by atoms with E-state index in [1.165, 1.54) is 0 Å². The Morgan fingerprint density at radius 3 is 2.59 bits per heavy atom. The average molecular weight is 414 g/mol. The lowest BCUT2D eigenvalue weighted by atomic mass is 10.0. The van der Waals surface area contributed by atoms with E-state index in [4.69, 9.17) is 14.0 Å². The van der Waals surface area contributed by atoms with Crippen molar-refractivity contribution < 1.29 is 22.4 Å². The van der Waals surface area contributed by atoms with E-state index in [1.807, 2.05) is 39.0 Å². The minimum atomic E-state index is -3.76. The van der Waals surface area contributed by atoms with Gasteiger partial charge in [-0.1, -0.05) is 37.2 Å². The van der Waals surface area contributed by atoms with Crippen LogP contribution >= 0.6 is 0 Å². The van der Waals surface area contributed by atoms with E-state index in [0.29, 0.717) is 22.8 Å². The smallest absolute Gasteiger partial charge is 0.241 e. The van der Waals surface area contributed by atoms with E-state index in [-0.39, 0.29) is 24.2 Å². The van der Waals surface area contributed by atoms with Crippen molar-refractivity contribution in [3.63, 3.8) is 0 Å². The molecule has 1 aliphatic heterocycles. The maximum Gasteiger partial charge on any atom is 0.241 e. The Balaban J connectivity index is 1.64. The third kappa shape index (κ3) is 3.99. The summed E-state index contributed by atoms with van der Waals surface area (Å²) in [6.45, 7) is 6.06. The Kier molecular flexibility index (Phi) is 5.06. The number of ether oxygens (including phenoxy) is 2. The molecule has 7 nitrogen and oxygen atoms in total. The first kappa shape index (κ1) is 19.5. The van der Waals surface area contributed by atoms with Crippen molar-refractivity contribution in [1.29, 1.82) is 0 Å². The van der Waals surface area contributed by atoms with Crippen molar-refractivity contribution in [3.8, 4) is 22.8 Å². The minimum absolute atomic E-state index is 0.0395. The van der Waals surface area contributed by atoms with Crippen molar-refractivity contribution in [1.82, 2.24) is 9.88 Å². The summed E-state index contributed by atoms with van der Waals surface area (Å²) < 4.78 is 44.9. The van der Waals surface area contributed by atoms with E-state index in [1.54, 1.807) is 24.3 Å². The summed E-state index contributed by atoms with van der Waals surface area (Å²) in [6, 6.07) is 12.5. The van der Waals surface area contributed by atoms with E-state index in [0.717, 1.165) is 16.8 Å². The number of nitrogens with zero attached hydrogens (tertiary/aromatic N) is 1. The van der Waals surface area contributed by atoms with Gasteiger partial charge in [-0.05, 0) is 42.2 Å². The molecule has 0 saturated heterocycles. The highest BCUT2D eigenvalue weighted by molar-refractivity contribution is 7.89. The van der Waals surface area contributed by atoms with Crippen molar-refractivity contribution in [2.45, 2.75) is 38.1 Å². The van der Waals surface area contributed by atoms with Crippen molar-refractivity contribution in [2.75, 3.05) is 6.79 Å². The average Bonchev–Trinajstić information content (AvgIpc) is 3.34. The van der Waals surface area contributed by atoms with Crippen LogP contribution in [-0.2, 0) is 16.6 Å². The fraction of sp³-hybridized carbons (Fsp3) is 0.286. The van der Waals surface area contributed by atoms with Crippen LogP contribution in [0.3, 0.4) is 0 Å². The first-order valence-electron chi connectivity index (χ1n) is 9.29. The summed E-state index contributed by atoms with van der Waals surface area (Å²) in [5, 5.41) is 3.88. The van der Waals surface area contributed by atoms with Crippen LogP contribution in [0.4, 0.5) is 0 Å². The van der Waals surface area contributed by atoms with Crippen molar-refractivity contribution >= 4 is 10.0 Å². The van der Waals surface area contributed by atoms with E-state index < -0.39 is 10.0 Å². The van der Waals surface area contributed by atoms with Gasteiger partial charge in [-0.25, -0.2) is 13.1 Å². The number of hydrogen-bond donors (Lipinski definition) is 1. The van der Waals surface area contributed by atoms with E-state index in [9.17, 15) is 8.42 Å². The summed E-state index contributed by atoms with van der Waals surface area (Å²) in [5.41, 5.74) is 2.92. The lowest BCUT2D eigenvalue weighted by Crippen LogP contribution is -2.24. The molecule has 0 amide bonds. The Morgan fingerprint density at radius 2 is 1.86 bits per heavy atom. The molecule has 1 aliphatic rings. The van der Waals surface area contributed by atoms with Gasteiger partial charge in [-0.15, -0.1) is 0 Å². The number of aryl methyl sites for hydroxylation is 1. The molecule has 0 bridgehead atoms. The van der Waals surface area contributed by atoms with Crippen LogP contribution < -0.4 is 14.2 Å². The monoisotopic (exact) mass is 414 g/mol. The zero-order valence-corrected chi connectivity index (χ0v) is 17.2. The first-order valence-corrected chi connectivity index (χ1v) is 10.8. The Labute approximate surface area is 169 Å². The molecule has 2 heterocycles. The van der Waals surface area contributed by atoms with Crippen LogP contribution in [0.1, 0.15) is 36.6 Å². The van der Waals surface area contributed by atoms with Crippen LogP contribution in [-0.4, -0.2) is 20.4 Å². The lowest BCUT2D eigenvalue weighted by molar-refractivity contribution is 0.174. The highest BCUT2D eigenvalue weighted by Gasteiger charge is 2.22. The highest BCUT2D eigenvalue weighted by Crippen LogP contribution is 2.33. The maximum atomic E-state index is 13.1. The van der Waals surface area contributed by atoms with Gasteiger partial charge in [0.15, 0.2) is 17.3 Å². The van der Waals surface area contributed by atoms with Gasteiger partial charge in [-0.3, -0.25) is 0 Å². The van der Waals surface area contributed by atoms with Gasteiger partial charge in [-0.2, -0.15) is 0 Å². The standard InChI is InChI=1S/C21H22N2O5S/c1-13(2)17-6-5-16(19-8-14(3)23-28-19)10-21(17)29(24,25)22-11-15-4-7-18-20(9-15)27-12-26-18/h4-10,13,22H,11-12H2,1-3H3. The van der Waals surface area contributed by atoms with Crippen molar-refractivity contribution in [3.05, 3.63) is 59.3 Å². The molecule has 4 rings (SSSR count). The number of hydrogen-bond acceptors (Lipinski definition) is 6. The third-order valence-electron chi connectivity index (χ3n) is 4.74. The summed E-state index contributed by atoms with van der Waals surface area (Å²) >= 11 is 0. The lowest BCUT2D eigenvalue weighted by Gasteiger charge is -2.15. The van der Waals surface area contributed by atoms with Gasteiger partial charge >= 0.3 is 0 Å². The van der Waals surface area contributed by atoms with Gasteiger partial charge < -0.3 is 14.0 Å². The number of nitrogens with one attached hydrogen (secondary N) is 1. The normalized spacial score (nSPS) is 13.2. The quantitative estimate of drug-likeness (QED) is 0.656. The summed E-state index contributed by atoms with van der Waals surface area (Å²) in [4.78, 5) is 0.236. The van der Waals surface area contributed by atoms with Crippen LogP contribution in [0, 0.1) is 6.92 Å². The Bertz CT molecular complexity index is 1150. The fourth-order valence-corrected chi connectivity index (χ4v) is 4.61. The van der Waals surface area contributed by atoms with E-state index >= 15 is 0 Å². The second-order valence-electron chi connectivity index (χ2n) is 7.25. The molecule has 3 aromatic rings. The van der Waals surface area contributed by atoms with Crippen LogP contribution in [0.2, 0.25) is 0 Å². The Hall–Kier alpha value is -2.84. The fourth-order valence-electron chi connectivity index (χ4n) is 3.20. The first-order chi connectivity index (χ1) is 13.8. The molecular formula is C21H22N2O5S. The minimum Gasteiger partial charge on any atom is -0.454 e. The molecule has 152 valence electrons. The van der Waals surface area contributed by atoms with Gasteiger partial charge in [0.1, 0.15) is 0 Å². The molecule has 0 spiro atoms. The highest BCUT2D eigenvalue weighted by atomic mass is 32.2. The van der Waals surface area contributed by atoms with Crippen LogP contribution in [0.5, 0.6) is 11.5 Å². The zero-order valence-electron chi connectivity index (χ0n) is 16.4. The maximum absolute atomic E-state index is 13.1. The molecule has 0 aliphatic carbocycles. The number of benzene rings is 2. The number of sulfonamides is 1. The molecule has 1 N–H and O–H groups in total. The molecular weight excluding hydrogens is 392 g/mol. The largest absolute Gasteiger partial charge is 0.454 e. The molecule has 0 atom stereocenters. The van der Waals surface area contributed by atoms with Crippen molar-refractivity contribution in [2.24, 2.45) is 0 Å². The molecule has 0 saturated carbocycles. The summed E-state index contributed by atoms with van der Waals surface area (Å²) in [6.07, 6.45) is 0. The topological polar surface area (TPSA) is 90.7 Å². The SMILES string of the molecule is Cc1cc(-c2ccc(C(C)C)c(S(=O)(=O)NCc3ccc4c(c3)OCO4)c2)on1. The number of rotatable bonds is 6. The van der Waals surface area contributed by atoms with E-state index in [2.05, 4.69) is 9.88 Å². The number of aromatic nitrogens is 1. The van der Waals surface area contributed by atoms with Gasteiger partial charge in [0.25, 0.3) is 0 Å². The second-order valence-corrected chi connectivity index (χ2v) is 8.99. The van der Waals surface area contributed by atoms with Crippen LogP contribution in [0.15, 0.2) is 51.9 Å². The molecule has 1 aromatic heterocycles. The van der Waals surface area contributed by atoms with Gasteiger partial charge in [0, 0.05) is 18.2 Å². The zero-order chi connectivity index (χ0) is 20.6. The van der Waals surface area contributed by atoms with Gasteiger partial charge in [0.05, 0.1) is 10.6 Å². The molecule has 0 radical (unpaired) electrons. The third-order valence-corrected chi connectivity index (χ3v) is 6.20. The molecule has 8 heteroatoms. The van der Waals surface area contributed by atoms with Crippen LogP contribution in [0.25, 0.3) is 11.3 Å². The molecule has 2 aromatic carbocycles. The number of fused-ring (bicyclic) bond motifs is 1. The predicted octanol–water partition coefficient (Wildman–Crippen LogP) is 3.98. The summed E-state index contributed by atoms with van der Waals surface area (Å²) in [5.74, 6) is 1.85. The second kappa shape index (κ2) is 7.53. The predicted molar refractivity (Wildman–Crippen MR) is 107 cm³/mol. The molecule has 0 fully saturated rings. The molecule has 29 heavy (non-hydrogen) atoms. The summed E-state index contributed by atoms with van der Waals surface area (Å²) in [7, 11) is -3.76. The Morgan fingerprint density at radius 1 is 1.07 bits per heavy atom. The van der Waals surface area contributed by atoms with Gasteiger partial charge in [0.2, 0.25) is 16.8 Å². The molecule has 0 unspecified atom stereocenters.